The molecule has 1 unspecified atom stereocenters. The van der Waals surface area contributed by atoms with E-state index in [2.05, 4.69) is 68.2 Å². The Balaban J connectivity index is 3.01. The maximum absolute atomic E-state index is 9.47. The number of anilines is 1. The van der Waals surface area contributed by atoms with Crippen molar-refractivity contribution in [1.29, 1.82) is 5.26 Å². The summed E-state index contributed by atoms with van der Waals surface area (Å²) in [5.41, 5.74) is 2.96. The van der Waals surface area contributed by atoms with Gasteiger partial charge in [0.25, 0.3) is 0 Å². The molecule has 21 heavy (non-hydrogen) atoms. The van der Waals surface area contributed by atoms with Gasteiger partial charge in [0.05, 0.1) is 11.3 Å². The van der Waals surface area contributed by atoms with Crippen molar-refractivity contribution in [2.24, 2.45) is 0 Å². The Morgan fingerprint density at radius 2 is 2.00 bits per heavy atom. The summed E-state index contributed by atoms with van der Waals surface area (Å²) in [7, 11) is 4.16. The van der Waals surface area contributed by atoms with E-state index in [-0.39, 0.29) is 0 Å². The normalized spacial score (nSPS) is 12.2. The topological polar surface area (TPSA) is 42.3 Å². The Labute approximate surface area is 129 Å². The molecular formula is C17H28N4. The van der Waals surface area contributed by atoms with E-state index < -0.39 is 0 Å². The van der Waals surface area contributed by atoms with E-state index in [1.165, 1.54) is 0 Å². The lowest BCUT2D eigenvalue weighted by Crippen LogP contribution is -2.40. The number of benzene rings is 1. The Hall–Kier alpha value is -1.57. The molecule has 4 nitrogen and oxygen atoms in total. The quantitative estimate of drug-likeness (QED) is 0.798. The van der Waals surface area contributed by atoms with Gasteiger partial charge < -0.3 is 15.1 Å². The van der Waals surface area contributed by atoms with Crippen molar-refractivity contribution in [3.8, 4) is 6.07 Å². The third-order valence-corrected chi connectivity index (χ3v) is 3.57. The summed E-state index contributed by atoms with van der Waals surface area (Å²) in [4.78, 5) is 4.48. The van der Waals surface area contributed by atoms with Crippen LogP contribution < -0.4 is 10.2 Å². The van der Waals surface area contributed by atoms with Gasteiger partial charge in [-0.25, -0.2) is 0 Å². The van der Waals surface area contributed by atoms with Crippen LogP contribution in [0.1, 0.15) is 31.9 Å². The highest BCUT2D eigenvalue weighted by atomic mass is 15.2. The lowest BCUT2D eigenvalue weighted by atomic mass is 10.1. The summed E-state index contributed by atoms with van der Waals surface area (Å²) >= 11 is 0. The predicted octanol–water partition coefficient (Wildman–Crippen LogP) is 2.44. The molecule has 0 saturated carbocycles. The van der Waals surface area contributed by atoms with Crippen LogP contribution >= 0.6 is 0 Å². The molecule has 0 fully saturated rings. The minimum Gasteiger partial charge on any atom is -0.367 e. The lowest BCUT2D eigenvalue weighted by Gasteiger charge is -2.32. The molecule has 0 bridgehead atoms. The molecule has 0 heterocycles. The van der Waals surface area contributed by atoms with Gasteiger partial charge in [0.15, 0.2) is 0 Å². The summed E-state index contributed by atoms with van der Waals surface area (Å²) in [6.45, 7) is 10.0. The van der Waals surface area contributed by atoms with Crippen LogP contribution in [0.2, 0.25) is 0 Å². The first-order valence-corrected chi connectivity index (χ1v) is 7.68. The Bertz CT molecular complexity index is 476. The molecule has 0 aliphatic carbocycles. The zero-order valence-corrected chi connectivity index (χ0v) is 14.0. The van der Waals surface area contributed by atoms with E-state index in [4.69, 9.17) is 0 Å². The molecule has 4 heteroatoms. The van der Waals surface area contributed by atoms with Crippen LogP contribution in [-0.4, -0.2) is 44.7 Å². The lowest BCUT2D eigenvalue weighted by molar-refractivity contribution is 0.373. The molecular weight excluding hydrogens is 260 g/mol. The Kier molecular flexibility index (Phi) is 7.21. The molecule has 1 N–H and O–H groups in total. The summed E-state index contributed by atoms with van der Waals surface area (Å²) < 4.78 is 0. The molecule has 0 aliphatic rings. The average Bonchev–Trinajstić information content (AvgIpc) is 2.45. The highest BCUT2D eigenvalue weighted by Crippen LogP contribution is 2.23. The van der Waals surface area contributed by atoms with Crippen LogP contribution in [0.5, 0.6) is 0 Å². The second-order valence-corrected chi connectivity index (χ2v) is 5.64. The fraction of sp³-hybridized carbons (Fsp3) is 0.588. The first kappa shape index (κ1) is 17.5. The fourth-order valence-corrected chi connectivity index (χ4v) is 2.65. The third-order valence-electron chi connectivity index (χ3n) is 3.57. The van der Waals surface area contributed by atoms with Gasteiger partial charge in [0.2, 0.25) is 0 Å². The van der Waals surface area contributed by atoms with Gasteiger partial charge in [-0.1, -0.05) is 13.0 Å². The number of likely N-dealkylation sites (N-methyl/N-ethyl adjacent to an activating group) is 2. The monoisotopic (exact) mass is 288 g/mol. The fourth-order valence-electron chi connectivity index (χ4n) is 2.65. The smallest absolute Gasteiger partial charge is 0.101 e. The average molecular weight is 288 g/mol. The first-order valence-electron chi connectivity index (χ1n) is 7.68. The summed E-state index contributed by atoms with van der Waals surface area (Å²) in [6.07, 6.45) is 0. The van der Waals surface area contributed by atoms with Crippen molar-refractivity contribution in [2.75, 3.05) is 38.6 Å². The van der Waals surface area contributed by atoms with Crippen LogP contribution in [-0.2, 0) is 6.54 Å². The van der Waals surface area contributed by atoms with Gasteiger partial charge in [-0.15, -0.1) is 0 Å². The highest BCUT2D eigenvalue weighted by molar-refractivity contribution is 5.61. The molecule has 1 aromatic carbocycles. The van der Waals surface area contributed by atoms with Crippen LogP contribution in [0.25, 0.3) is 0 Å². The minimum atomic E-state index is 0.372. The largest absolute Gasteiger partial charge is 0.367 e. The van der Waals surface area contributed by atoms with Crippen molar-refractivity contribution < 1.29 is 0 Å². The molecule has 0 saturated heterocycles. The molecule has 1 aromatic rings. The molecule has 1 atom stereocenters. The number of nitrogens with one attached hydrogen (secondary N) is 1. The molecule has 0 amide bonds. The van der Waals surface area contributed by atoms with Crippen LogP contribution in [0.3, 0.4) is 0 Å². The number of nitrogens with zero attached hydrogens (tertiary/aromatic N) is 3. The van der Waals surface area contributed by atoms with Gasteiger partial charge >= 0.3 is 0 Å². The van der Waals surface area contributed by atoms with E-state index in [0.717, 1.165) is 43.0 Å². The van der Waals surface area contributed by atoms with Crippen molar-refractivity contribution >= 4 is 5.69 Å². The number of hydrogen-bond donors (Lipinski definition) is 1. The third kappa shape index (κ3) is 5.04. The second-order valence-electron chi connectivity index (χ2n) is 5.64. The van der Waals surface area contributed by atoms with E-state index in [0.29, 0.717) is 6.04 Å². The van der Waals surface area contributed by atoms with Crippen molar-refractivity contribution in [1.82, 2.24) is 10.2 Å². The maximum atomic E-state index is 9.47. The van der Waals surface area contributed by atoms with E-state index >= 15 is 0 Å². The van der Waals surface area contributed by atoms with Crippen molar-refractivity contribution in [2.45, 2.75) is 33.4 Å². The summed E-state index contributed by atoms with van der Waals surface area (Å²) in [6, 6.07) is 8.93. The molecule has 0 radical (unpaired) electrons. The summed E-state index contributed by atoms with van der Waals surface area (Å²) in [5, 5.41) is 12.8. The zero-order chi connectivity index (χ0) is 15.8. The molecule has 116 valence electrons. The van der Waals surface area contributed by atoms with Crippen LogP contribution in [0, 0.1) is 11.3 Å². The molecule has 0 spiro atoms. The summed E-state index contributed by atoms with van der Waals surface area (Å²) in [5.74, 6) is 0. The second kappa shape index (κ2) is 8.66. The van der Waals surface area contributed by atoms with E-state index in [1.807, 2.05) is 6.07 Å². The van der Waals surface area contributed by atoms with Crippen molar-refractivity contribution in [3.05, 3.63) is 29.3 Å². The first-order chi connectivity index (χ1) is 10.0. The maximum Gasteiger partial charge on any atom is 0.101 e. The van der Waals surface area contributed by atoms with Gasteiger partial charge in [-0.05, 0) is 52.2 Å². The predicted molar refractivity (Wildman–Crippen MR) is 89.6 cm³/mol. The van der Waals surface area contributed by atoms with Crippen LogP contribution in [0.15, 0.2) is 18.2 Å². The number of nitriles is 1. The van der Waals surface area contributed by atoms with Gasteiger partial charge in [0.1, 0.15) is 6.07 Å². The Morgan fingerprint density at radius 1 is 1.29 bits per heavy atom. The van der Waals surface area contributed by atoms with Crippen molar-refractivity contribution in [3.63, 3.8) is 0 Å². The zero-order valence-electron chi connectivity index (χ0n) is 14.0. The highest BCUT2D eigenvalue weighted by Gasteiger charge is 2.17. The van der Waals surface area contributed by atoms with Crippen LogP contribution in [0.4, 0.5) is 5.69 Å². The minimum absolute atomic E-state index is 0.372. The van der Waals surface area contributed by atoms with E-state index in [9.17, 15) is 5.26 Å². The van der Waals surface area contributed by atoms with Gasteiger partial charge in [0, 0.05) is 25.7 Å². The number of hydrogen-bond acceptors (Lipinski definition) is 4. The SMILES string of the molecule is CCNCc1ccc(N(CC)C(C)CN(C)C)c(C#N)c1. The Morgan fingerprint density at radius 3 is 2.52 bits per heavy atom. The molecule has 1 rings (SSSR count). The number of rotatable bonds is 8. The standard InChI is InChI=1S/C17H28N4/c1-6-19-12-15-8-9-17(16(10-15)11-18)21(7-2)14(3)13-20(4)5/h8-10,14,19H,6-7,12-13H2,1-5H3. The van der Waals surface area contributed by atoms with Gasteiger partial charge in [-0.2, -0.15) is 5.26 Å². The molecule has 0 aliphatic heterocycles. The molecule has 0 aromatic heterocycles. The van der Waals surface area contributed by atoms with Gasteiger partial charge in [-0.3, -0.25) is 0 Å². The van der Waals surface area contributed by atoms with E-state index in [1.54, 1.807) is 0 Å².